The molecule has 1 N–H and O–H groups in total. The molecule has 0 amide bonds. The van der Waals surface area contributed by atoms with Gasteiger partial charge in [-0.15, -0.1) is 0 Å². The molecule has 188 valence electrons. The van der Waals surface area contributed by atoms with Gasteiger partial charge in [0.2, 0.25) is 0 Å². The van der Waals surface area contributed by atoms with Crippen LogP contribution < -0.4 is 15.6 Å². The molecular weight excluding hydrogens is 460 g/mol. The number of nitrogens with one attached hydrogen (secondary N) is 1. The largest absolute Gasteiger partial charge is 0.497 e. The third-order valence-corrected chi connectivity index (χ3v) is 6.40. The van der Waals surface area contributed by atoms with Crippen LogP contribution in [0.15, 0.2) is 45.7 Å². The van der Waals surface area contributed by atoms with Crippen LogP contribution in [0.4, 0.5) is 5.82 Å². The molecule has 1 fully saturated rings. The molecule has 0 saturated carbocycles. The first-order valence-corrected chi connectivity index (χ1v) is 12.0. The number of anilines is 1. The van der Waals surface area contributed by atoms with Gasteiger partial charge in [0.1, 0.15) is 17.0 Å². The second-order valence-electron chi connectivity index (χ2n) is 8.82. The zero-order valence-corrected chi connectivity index (χ0v) is 20.8. The van der Waals surface area contributed by atoms with Crippen molar-refractivity contribution >= 4 is 17.0 Å². The Morgan fingerprint density at radius 3 is 2.53 bits per heavy atom. The van der Waals surface area contributed by atoms with Crippen molar-refractivity contribution in [2.45, 2.75) is 20.4 Å². The van der Waals surface area contributed by atoms with Crippen LogP contribution in [-0.2, 0) is 11.3 Å². The Bertz CT molecular complexity index is 1390. The molecule has 0 bridgehead atoms. The van der Waals surface area contributed by atoms with Crippen molar-refractivity contribution < 1.29 is 14.0 Å². The molecule has 1 aliphatic heterocycles. The highest BCUT2D eigenvalue weighted by molar-refractivity contribution is 5.77. The maximum Gasteiger partial charge on any atom is 0.295 e. The lowest BCUT2D eigenvalue weighted by atomic mass is 10.1. The van der Waals surface area contributed by atoms with Crippen LogP contribution in [0.2, 0.25) is 0 Å². The number of hydrogen-bond donors (Lipinski definition) is 1. The summed E-state index contributed by atoms with van der Waals surface area (Å²) < 4.78 is 17.7. The van der Waals surface area contributed by atoms with Gasteiger partial charge in [0.15, 0.2) is 11.5 Å². The summed E-state index contributed by atoms with van der Waals surface area (Å²) in [5, 5.41) is 7.31. The first-order chi connectivity index (χ1) is 17.5. The summed E-state index contributed by atoms with van der Waals surface area (Å²) in [4.78, 5) is 25.4. The summed E-state index contributed by atoms with van der Waals surface area (Å²) in [6.45, 7) is 8.76. The molecule has 4 aromatic rings. The van der Waals surface area contributed by atoms with Gasteiger partial charge in [-0.25, -0.2) is 9.97 Å². The Hall–Kier alpha value is -3.76. The molecule has 5 rings (SSSR count). The van der Waals surface area contributed by atoms with Gasteiger partial charge in [-0.05, 0) is 43.7 Å². The van der Waals surface area contributed by atoms with Crippen molar-refractivity contribution in [3.8, 4) is 17.0 Å². The van der Waals surface area contributed by atoms with E-state index in [1.807, 2.05) is 50.2 Å². The lowest BCUT2D eigenvalue weighted by Gasteiger charge is -2.26. The number of aryl methyl sites for hydroxylation is 2. The summed E-state index contributed by atoms with van der Waals surface area (Å²) in [6, 6.07) is 11.4. The van der Waals surface area contributed by atoms with Crippen molar-refractivity contribution in [2.75, 3.05) is 51.8 Å². The minimum absolute atomic E-state index is 0.219. The minimum atomic E-state index is -0.219. The highest BCUT2D eigenvalue weighted by atomic mass is 16.5. The van der Waals surface area contributed by atoms with Crippen molar-refractivity contribution in [3.63, 3.8) is 0 Å². The lowest BCUT2D eigenvalue weighted by Crippen LogP contribution is -2.39. The van der Waals surface area contributed by atoms with Crippen LogP contribution >= 0.6 is 0 Å². The first-order valence-electron chi connectivity index (χ1n) is 12.0. The van der Waals surface area contributed by atoms with Gasteiger partial charge in [-0.1, -0.05) is 17.3 Å². The Kier molecular flexibility index (Phi) is 6.97. The monoisotopic (exact) mass is 490 g/mol. The van der Waals surface area contributed by atoms with E-state index < -0.39 is 0 Å². The summed E-state index contributed by atoms with van der Waals surface area (Å²) in [6.07, 6.45) is 0. The molecule has 36 heavy (non-hydrogen) atoms. The smallest absolute Gasteiger partial charge is 0.295 e. The zero-order valence-electron chi connectivity index (χ0n) is 20.8. The number of morpholine rings is 1. The molecule has 0 unspecified atom stereocenters. The minimum Gasteiger partial charge on any atom is -0.497 e. The first kappa shape index (κ1) is 24.0. The van der Waals surface area contributed by atoms with Crippen molar-refractivity contribution in [3.05, 3.63) is 63.8 Å². The molecule has 10 nitrogen and oxygen atoms in total. The predicted molar refractivity (Wildman–Crippen MR) is 137 cm³/mol. The Morgan fingerprint density at radius 2 is 1.83 bits per heavy atom. The average Bonchev–Trinajstić information content (AvgIpc) is 3.24. The number of methoxy groups -OCH3 is 1. The standard InChI is InChI=1S/C26H30N6O4/c1-17-23(18(2)36-30-17)21-8-9-22-25(29-21)32(16-19-4-6-20(34-3)7-5-19)26(33)24(28-22)27-10-11-31-12-14-35-15-13-31/h4-9H,10-16H2,1-3H3,(H,27,28). The van der Waals surface area contributed by atoms with E-state index in [1.54, 1.807) is 11.7 Å². The van der Waals surface area contributed by atoms with Gasteiger partial charge in [-0.3, -0.25) is 14.3 Å². The van der Waals surface area contributed by atoms with Crippen LogP contribution in [0.5, 0.6) is 5.75 Å². The summed E-state index contributed by atoms with van der Waals surface area (Å²) >= 11 is 0. The van der Waals surface area contributed by atoms with E-state index in [1.165, 1.54) is 0 Å². The van der Waals surface area contributed by atoms with Crippen molar-refractivity contribution in [1.29, 1.82) is 0 Å². The van der Waals surface area contributed by atoms with Gasteiger partial charge < -0.3 is 19.3 Å². The topological polar surface area (TPSA) is 108 Å². The van der Waals surface area contributed by atoms with Crippen LogP contribution in [0.25, 0.3) is 22.4 Å². The third-order valence-electron chi connectivity index (χ3n) is 6.40. The normalized spacial score (nSPS) is 14.3. The fourth-order valence-corrected chi connectivity index (χ4v) is 4.44. The van der Waals surface area contributed by atoms with E-state index in [4.69, 9.17) is 19.0 Å². The highest BCUT2D eigenvalue weighted by Gasteiger charge is 2.18. The number of benzene rings is 1. The van der Waals surface area contributed by atoms with Crippen molar-refractivity contribution in [2.24, 2.45) is 0 Å². The number of pyridine rings is 1. The number of fused-ring (bicyclic) bond motifs is 1. The number of rotatable bonds is 8. The quantitative estimate of drug-likeness (QED) is 0.399. The molecule has 1 aliphatic rings. The fraction of sp³-hybridized carbons (Fsp3) is 0.385. The summed E-state index contributed by atoms with van der Waals surface area (Å²) in [5.41, 5.74) is 4.14. The Morgan fingerprint density at radius 1 is 1.06 bits per heavy atom. The van der Waals surface area contributed by atoms with Crippen molar-refractivity contribution in [1.82, 2.24) is 24.6 Å². The second kappa shape index (κ2) is 10.5. The van der Waals surface area contributed by atoms with Crippen LogP contribution in [0.1, 0.15) is 17.0 Å². The maximum absolute atomic E-state index is 13.6. The van der Waals surface area contributed by atoms with Gasteiger partial charge >= 0.3 is 0 Å². The van der Waals surface area contributed by atoms with E-state index in [0.717, 1.165) is 55.4 Å². The zero-order chi connectivity index (χ0) is 25.1. The number of hydrogen-bond acceptors (Lipinski definition) is 9. The van der Waals surface area contributed by atoms with E-state index >= 15 is 0 Å². The number of nitrogens with zero attached hydrogens (tertiary/aromatic N) is 5. The van der Waals surface area contributed by atoms with Gasteiger partial charge in [0.05, 0.1) is 43.8 Å². The van der Waals surface area contributed by atoms with E-state index in [0.29, 0.717) is 41.5 Å². The van der Waals surface area contributed by atoms with Crippen LogP contribution in [0.3, 0.4) is 0 Å². The molecule has 0 atom stereocenters. The molecule has 3 aromatic heterocycles. The number of ether oxygens (including phenoxy) is 2. The average molecular weight is 491 g/mol. The molecule has 0 aliphatic carbocycles. The van der Waals surface area contributed by atoms with E-state index in [-0.39, 0.29) is 5.56 Å². The maximum atomic E-state index is 13.6. The van der Waals surface area contributed by atoms with E-state index in [9.17, 15) is 4.79 Å². The third kappa shape index (κ3) is 4.95. The van der Waals surface area contributed by atoms with Gasteiger partial charge in [0.25, 0.3) is 5.56 Å². The van der Waals surface area contributed by atoms with Gasteiger partial charge in [-0.2, -0.15) is 0 Å². The van der Waals surface area contributed by atoms with E-state index in [2.05, 4.69) is 20.4 Å². The Balaban J connectivity index is 1.52. The summed E-state index contributed by atoms with van der Waals surface area (Å²) in [5.74, 6) is 1.75. The molecule has 1 aromatic carbocycles. The van der Waals surface area contributed by atoms with Gasteiger partial charge in [0, 0.05) is 26.2 Å². The second-order valence-corrected chi connectivity index (χ2v) is 8.82. The summed E-state index contributed by atoms with van der Waals surface area (Å²) in [7, 11) is 1.63. The van der Waals surface area contributed by atoms with Crippen LogP contribution in [0, 0.1) is 13.8 Å². The Labute approximate surface area is 208 Å². The molecule has 4 heterocycles. The number of aromatic nitrogens is 4. The molecule has 0 spiro atoms. The molecular formula is C26H30N6O4. The lowest BCUT2D eigenvalue weighted by molar-refractivity contribution is 0.0398. The molecule has 10 heteroatoms. The highest BCUT2D eigenvalue weighted by Crippen LogP contribution is 2.27. The fourth-order valence-electron chi connectivity index (χ4n) is 4.44. The predicted octanol–water partition coefficient (Wildman–Crippen LogP) is 2.86. The van der Waals surface area contributed by atoms with Crippen LogP contribution in [-0.4, -0.2) is 71.1 Å². The molecule has 1 saturated heterocycles. The molecule has 0 radical (unpaired) electrons. The SMILES string of the molecule is COc1ccc(Cn2c(=O)c(NCCN3CCOCC3)nc3ccc(-c4c(C)noc4C)nc32)cc1.